The third-order valence-electron chi connectivity index (χ3n) is 4.51. The third kappa shape index (κ3) is 2.29. The molecule has 0 N–H and O–H groups in total. The number of aromatic nitrogens is 3. The van der Waals surface area contributed by atoms with E-state index in [9.17, 15) is 4.79 Å². The second-order valence-corrected chi connectivity index (χ2v) is 5.79. The van der Waals surface area contributed by atoms with Gasteiger partial charge < -0.3 is 9.47 Å². The molecule has 23 heavy (non-hydrogen) atoms. The highest BCUT2D eigenvalue weighted by molar-refractivity contribution is 5.91. The standard InChI is InChI=1S/C18H18N4O/c1-2-21-10-11-22-16(19-20-17(22)18(21)23)12-14-8-5-7-13-6-3-4-9-15(13)14/h3-9H,2,10-12H2,1H3. The van der Waals surface area contributed by atoms with E-state index < -0.39 is 0 Å². The van der Waals surface area contributed by atoms with E-state index in [0.29, 0.717) is 18.8 Å². The van der Waals surface area contributed by atoms with Crippen LogP contribution < -0.4 is 0 Å². The topological polar surface area (TPSA) is 51.0 Å². The van der Waals surface area contributed by atoms with Crippen LogP contribution in [0.25, 0.3) is 10.8 Å². The predicted molar refractivity (Wildman–Crippen MR) is 88.4 cm³/mol. The van der Waals surface area contributed by atoms with Crippen LogP contribution in [0.3, 0.4) is 0 Å². The Labute approximate surface area is 134 Å². The first kappa shape index (κ1) is 13.9. The lowest BCUT2D eigenvalue weighted by Gasteiger charge is -2.26. The number of amides is 1. The summed E-state index contributed by atoms with van der Waals surface area (Å²) < 4.78 is 1.97. The molecule has 0 atom stereocenters. The molecule has 4 rings (SSSR count). The molecule has 5 heteroatoms. The van der Waals surface area contributed by atoms with Crippen LogP contribution in [0.1, 0.15) is 28.9 Å². The van der Waals surface area contributed by atoms with Gasteiger partial charge in [0.1, 0.15) is 5.82 Å². The molecule has 1 aliphatic rings. The third-order valence-corrected chi connectivity index (χ3v) is 4.51. The van der Waals surface area contributed by atoms with Crippen LogP contribution in [-0.2, 0) is 13.0 Å². The Morgan fingerprint density at radius 2 is 1.87 bits per heavy atom. The fourth-order valence-electron chi connectivity index (χ4n) is 3.24. The Hall–Kier alpha value is -2.69. The lowest BCUT2D eigenvalue weighted by atomic mass is 10.0. The van der Waals surface area contributed by atoms with Crippen molar-refractivity contribution in [2.24, 2.45) is 0 Å². The van der Waals surface area contributed by atoms with Crippen LogP contribution >= 0.6 is 0 Å². The van der Waals surface area contributed by atoms with Crippen LogP contribution in [0.2, 0.25) is 0 Å². The summed E-state index contributed by atoms with van der Waals surface area (Å²) in [5.74, 6) is 1.31. The summed E-state index contributed by atoms with van der Waals surface area (Å²) in [4.78, 5) is 14.1. The minimum Gasteiger partial charge on any atom is -0.334 e. The van der Waals surface area contributed by atoms with Crippen molar-refractivity contribution < 1.29 is 4.79 Å². The highest BCUT2D eigenvalue weighted by atomic mass is 16.2. The summed E-state index contributed by atoms with van der Waals surface area (Å²) in [5.41, 5.74) is 1.21. The number of fused-ring (bicyclic) bond motifs is 2. The molecule has 0 bridgehead atoms. The van der Waals surface area contributed by atoms with E-state index in [1.807, 2.05) is 28.5 Å². The highest BCUT2D eigenvalue weighted by Crippen LogP contribution is 2.22. The molecule has 1 aromatic heterocycles. The monoisotopic (exact) mass is 306 g/mol. The molecule has 0 fully saturated rings. The van der Waals surface area contributed by atoms with Gasteiger partial charge >= 0.3 is 0 Å². The smallest absolute Gasteiger partial charge is 0.291 e. The minimum atomic E-state index is -0.0181. The molecule has 0 unspecified atom stereocenters. The molecule has 2 heterocycles. The average molecular weight is 306 g/mol. The molecule has 1 amide bonds. The Balaban J connectivity index is 1.72. The number of hydrogen-bond donors (Lipinski definition) is 0. The maximum atomic E-state index is 12.3. The lowest BCUT2D eigenvalue weighted by molar-refractivity contribution is 0.0705. The number of carbonyl (C=O) groups is 1. The predicted octanol–water partition coefficient (Wildman–Crippen LogP) is 2.50. The van der Waals surface area contributed by atoms with Crippen molar-refractivity contribution in [2.75, 3.05) is 13.1 Å². The zero-order chi connectivity index (χ0) is 15.8. The van der Waals surface area contributed by atoms with Gasteiger partial charge in [0, 0.05) is 26.1 Å². The zero-order valence-corrected chi connectivity index (χ0v) is 13.1. The molecule has 116 valence electrons. The first-order valence-electron chi connectivity index (χ1n) is 7.96. The number of rotatable bonds is 3. The molecule has 3 aromatic rings. The number of carbonyl (C=O) groups excluding carboxylic acids is 1. The van der Waals surface area contributed by atoms with Gasteiger partial charge in [0.05, 0.1) is 0 Å². The first-order chi connectivity index (χ1) is 11.3. The van der Waals surface area contributed by atoms with Gasteiger partial charge in [-0.05, 0) is 23.3 Å². The summed E-state index contributed by atoms with van der Waals surface area (Å²) in [7, 11) is 0. The van der Waals surface area contributed by atoms with Crippen molar-refractivity contribution in [3.05, 3.63) is 59.7 Å². The lowest BCUT2D eigenvalue weighted by Crippen LogP contribution is -2.40. The summed E-state index contributed by atoms with van der Waals surface area (Å²) in [6.45, 7) is 4.19. The maximum Gasteiger partial charge on any atom is 0.291 e. The van der Waals surface area contributed by atoms with Crippen molar-refractivity contribution in [1.29, 1.82) is 0 Å². The van der Waals surface area contributed by atoms with Crippen LogP contribution in [-0.4, -0.2) is 38.7 Å². The van der Waals surface area contributed by atoms with Gasteiger partial charge in [0.25, 0.3) is 5.91 Å². The molecule has 1 aliphatic heterocycles. The molecule has 0 spiro atoms. The van der Waals surface area contributed by atoms with Crippen LogP contribution in [0.5, 0.6) is 0 Å². The maximum absolute atomic E-state index is 12.3. The zero-order valence-electron chi connectivity index (χ0n) is 13.1. The molecule has 5 nitrogen and oxygen atoms in total. The van der Waals surface area contributed by atoms with Crippen LogP contribution in [0, 0.1) is 0 Å². The van der Waals surface area contributed by atoms with Crippen LogP contribution in [0.15, 0.2) is 42.5 Å². The van der Waals surface area contributed by atoms with Crippen molar-refractivity contribution >= 4 is 16.7 Å². The molecule has 0 aliphatic carbocycles. The minimum absolute atomic E-state index is 0.0181. The first-order valence-corrected chi connectivity index (χ1v) is 7.96. The average Bonchev–Trinajstić information content (AvgIpc) is 2.99. The number of nitrogens with zero attached hydrogens (tertiary/aromatic N) is 4. The van der Waals surface area contributed by atoms with Gasteiger partial charge in [-0.15, -0.1) is 10.2 Å². The normalized spacial score (nSPS) is 14.3. The van der Waals surface area contributed by atoms with E-state index in [-0.39, 0.29) is 5.91 Å². The molecule has 2 aromatic carbocycles. The fraction of sp³-hybridized carbons (Fsp3) is 0.278. The fourth-order valence-corrected chi connectivity index (χ4v) is 3.24. The van der Waals surface area contributed by atoms with E-state index in [0.717, 1.165) is 18.9 Å². The molecular weight excluding hydrogens is 288 g/mol. The van der Waals surface area contributed by atoms with E-state index in [4.69, 9.17) is 0 Å². The number of benzene rings is 2. The van der Waals surface area contributed by atoms with Crippen molar-refractivity contribution in [1.82, 2.24) is 19.7 Å². The van der Waals surface area contributed by atoms with E-state index in [1.165, 1.54) is 16.3 Å². The summed E-state index contributed by atoms with van der Waals surface area (Å²) in [5, 5.41) is 10.9. The van der Waals surface area contributed by atoms with E-state index in [1.54, 1.807) is 0 Å². The van der Waals surface area contributed by atoms with Crippen molar-refractivity contribution in [3.8, 4) is 0 Å². The van der Waals surface area contributed by atoms with Crippen molar-refractivity contribution in [2.45, 2.75) is 19.9 Å². The second kappa shape index (κ2) is 5.50. The SMILES string of the molecule is CCN1CCn2c(Cc3cccc4ccccc34)nnc2C1=O. The molecule has 0 saturated carbocycles. The Kier molecular flexibility index (Phi) is 3.33. The Morgan fingerprint density at radius 3 is 2.74 bits per heavy atom. The highest BCUT2D eigenvalue weighted by Gasteiger charge is 2.27. The van der Waals surface area contributed by atoms with Gasteiger partial charge in [0.2, 0.25) is 5.82 Å². The molecular formula is C18H18N4O. The summed E-state index contributed by atoms with van der Waals surface area (Å²) in [6.07, 6.45) is 0.688. The quantitative estimate of drug-likeness (QED) is 0.747. The van der Waals surface area contributed by atoms with Gasteiger partial charge in [0.15, 0.2) is 0 Å². The van der Waals surface area contributed by atoms with Gasteiger partial charge in [-0.25, -0.2) is 0 Å². The molecule has 0 saturated heterocycles. The largest absolute Gasteiger partial charge is 0.334 e. The van der Waals surface area contributed by atoms with Gasteiger partial charge in [-0.3, -0.25) is 4.79 Å². The number of likely N-dealkylation sites (N-methyl/N-ethyl adjacent to an activating group) is 1. The Bertz CT molecular complexity index is 878. The van der Waals surface area contributed by atoms with Gasteiger partial charge in [-0.1, -0.05) is 42.5 Å². The van der Waals surface area contributed by atoms with E-state index in [2.05, 4.69) is 40.5 Å². The summed E-state index contributed by atoms with van der Waals surface area (Å²) in [6, 6.07) is 14.6. The van der Waals surface area contributed by atoms with Crippen LogP contribution in [0.4, 0.5) is 0 Å². The second-order valence-electron chi connectivity index (χ2n) is 5.79. The summed E-state index contributed by atoms with van der Waals surface area (Å²) >= 11 is 0. The Morgan fingerprint density at radius 1 is 1.04 bits per heavy atom. The van der Waals surface area contributed by atoms with Gasteiger partial charge in [-0.2, -0.15) is 0 Å². The van der Waals surface area contributed by atoms with E-state index >= 15 is 0 Å². The van der Waals surface area contributed by atoms with Crippen molar-refractivity contribution in [3.63, 3.8) is 0 Å². The molecule has 0 radical (unpaired) electrons. The number of hydrogen-bond acceptors (Lipinski definition) is 3.